The van der Waals surface area contributed by atoms with Gasteiger partial charge in [0, 0.05) is 24.5 Å². The lowest BCUT2D eigenvalue weighted by atomic mass is 10.0. The molecule has 5 heteroatoms. The highest BCUT2D eigenvalue weighted by atomic mass is 32.1. The number of thiophene rings is 1. The highest BCUT2D eigenvalue weighted by Crippen LogP contribution is 2.22. The van der Waals surface area contributed by atoms with Gasteiger partial charge in [-0.1, -0.05) is 36.4 Å². The van der Waals surface area contributed by atoms with E-state index >= 15 is 0 Å². The molecule has 2 N–H and O–H groups in total. The van der Waals surface area contributed by atoms with Crippen LogP contribution in [0, 0.1) is 5.92 Å². The van der Waals surface area contributed by atoms with Gasteiger partial charge in [-0.3, -0.25) is 4.79 Å². The minimum atomic E-state index is -0.624. The predicted octanol–water partition coefficient (Wildman–Crippen LogP) is 2.03. The van der Waals surface area contributed by atoms with Gasteiger partial charge < -0.3 is 15.3 Å². The van der Waals surface area contributed by atoms with Gasteiger partial charge in [0.15, 0.2) is 0 Å². The lowest BCUT2D eigenvalue weighted by molar-refractivity contribution is -0.139. The Hall–Kier alpha value is -1.69. The summed E-state index contributed by atoms with van der Waals surface area (Å²) in [6, 6.07) is 13.8. The second-order valence-electron chi connectivity index (χ2n) is 5.59. The average molecular weight is 316 g/mol. The molecule has 1 aromatic carbocycles. The van der Waals surface area contributed by atoms with Gasteiger partial charge in [-0.25, -0.2) is 0 Å². The predicted molar refractivity (Wildman–Crippen MR) is 87.5 cm³/mol. The minimum Gasteiger partial charge on any atom is -0.386 e. The second-order valence-corrected chi connectivity index (χ2v) is 6.57. The highest BCUT2D eigenvalue weighted by Gasteiger charge is 2.30. The molecular weight excluding hydrogens is 296 g/mol. The van der Waals surface area contributed by atoms with Crippen molar-refractivity contribution >= 4 is 17.2 Å². The summed E-state index contributed by atoms with van der Waals surface area (Å²) in [7, 11) is 0. The first-order chi connectivity index (χ1) is 10.7. The zero-order valence-corrected chi connectivity index (χ0v) is 13.1. The molecule has 0 saturated carbocycles. The number of carbonyl (C=O) groups is 1. The van der Waals surface area contributed by atoms with Crippen LogP contribution in [0.25, 0.3) is 0 Å². The Morgan fingerprint density at radius 2 is 2.05 bits per heavy atom. The van der Waals surface area contributed by atoms with Gasteiger partial charge >= 0.3 is 0 Å². The Morgan fingerprint density at radius 3 is 2.64 bits per heavy atom. The van der Waals surface area contributed by atoms with Gasteiger partial charge in [-0.05, 0) is 17.0 Å². The van der Waals surface area contributed by atoms with Gasteiger partial charge in [0.05, 0.1) is 12.5 Å². The molecule has 22 heavy (non-hydrogen) atoms. The standard InChI is InChI=1S/C17H20N2O2S/c20-15(16-7-4-8-22-16)12-19(17(21)14-9-18-10-14)11-13-5-2-1-3-6-13/h1-8,14-15,18,20H,9-12H2. The summed E-state index contributed by atoms with van der Waals surface area (Å²) in [5, 5.41) is 15.5. The summed E-state index contributed by atoms with van der Waals surface area (Å²) in [5.74, 6) is 0.164. The summed E-state index contributed by atoms with van der Waals surface area (Å²) >= 11 is 1.52. The molecule has 0 bridgehead atoms. The van der Waals surface area contributed by atoms with E-state index in [1.165, 1.54) is 11.3 Å². The van der Waals surface area contributed by atoms with E-state index in [0.717, 1.165) is 23.5 Å². The zero-order valence-electron chi connectivity index (χ0n) is 12.3. The monoisotopic (exact) mass is 316 g/mol. The van der Waals surface area contributed by atoms with E-state index in [2.05, 4.69) is 5.32 Å². The first kappa shape index (κ1) is 15.2. The number of carbonyl (C=O) groups excluding carboxylic acids is 1. The van der Waals surface area contributed by atoms with Crippen molar-refractivity contribution in [3.8, 4) is 0 Å². The van der Waals surface area contributed by atoms with Crippen molar-refractivity contribution in [2.75, 3.05) is 19.6 Å². The smallest absolute Gasteiger partial charge is 0.228 e. The van der Waals surface area contributed by atoms with E-state index in [1.807, 2.05) is 47.8 Å². The molecule has 1 aliphatic heterocycles. The molecule has 1 unspecified atom stereocenters. The topological polar surface area (TPSA) is 52.6 Å². The fourth-order valence-corrected chi connectivity index (χ4v) is 3.24. The van der Waals surface area contributed by atoms with Crippen LogP contribution in [0.15, 0.2) is 47.8 Å². The van der Waals surface area contributed by atoms with Crippen molar-refractivity contribution in [3.05, 3.63) is 58.3 Å². The molecule has 0 spiro atoms. The zero-order chi connectivity index (χ0) is 15.4. The lowest BCUT2D eigenvalue weighted by Gasteiger charge is -2.33. The molecule has 1 saturated heterocycles. The van der Waals surface area contributed by atoms with E-state index in [4.69, 9.17) is 0 Å². The molecule has 1 aliphatic rings. The summed E-state index contributed by atoms with van der Waals surface area (Å²) < 4.78 is 0. The third kappa shape index (κ3) is 3.55. The van der Waals surface area contributed by atoms with Gasteiger partial charge in [-0.2, -0.15) is 0 Å². The number of nitrogens with one attached hydrogen (secondary N) is 1. The molecule has 0 aliphatic carbocycles. The van der Waals surface area contributed by atoms with Crippen molar-refractivity contribution in [1.29, 1.82) is 0 Å². The van der Waals surface area contributed by atoms with Crippen molar-refractivity contribution in [3.63, 3.8) is 0 Å². The molecule has 3 rings (SSSR count). The maximum atomic E-state index is 12.6. The lowest BCUT2D eigenvalue weighted by Crippen LogP contribution is -2.52. The molecule has 4 nitrogen and oxygen atoms in total. The van der Waals surface area contributed by atoms with Crippen LogP contribution < -0.4 is 5.32 Å². The SMILES string of the molecule is O=C(C1CNC1)N(Cc1ccccc1)CC(O)c1cccs1. The van der Waals surface area contributed by atoms with E-state index in [9.17, 15) is 9.90 Å². The van der Waals surface area contributed by atoms with Crippen LogP contribution in [0.4, 0.5) is 0 Å². The van der Waals surface area contributed by atoms with Crippen molar-refractivity contribution in [1.82, 2.24) is 10.2 Å². The number of hydrogen-bond donors (Lipinski definition) is 2. The largest absolute Gasteiger partial charge is 0.386 e. The first-order valence-corrected chi connectivity index (χ1v) is 8.37. The Morgan fingerprint density at radius 1 is 1.27 bits per heavy atom. The normalized spacial score (nSPS) is 16.0. The Bertz CT molecular complexity index is 596. The summed E-state index contributed by atoms with van der Waals surface area (Å²) in [6.45, 7) is 2.35. The average Bonchev–Trinajstić information content (AvgIpc) is 3.00. The third-order valence-electron chi connectivity index (χ3n) is 3.92. The van der Waals surface area contributed by atoms with E-state index in [0.29, 0.717) is 13.1 Å². The molecule has 2 aromatic rings. The third-order valence-corrected chi connectivity index (χ3v) is 4.90. The number of hydrogen-bond acceptors (Lipinski definition) is 4. The summed E-state index contributed by atoms with van der Waals surface area (Å²) in [6.07, 6.45) is -0.624. The molecule has 2 heterocycles. The van der Waals surface area contributed by atoms with Gasteiger partial charge in [0.2, 0.25) is 5.91 Å². The first-order valence-electron chi connectivity index (χ1n) is 7.49. The number of amides is 1. The number of benzene rings is 1. The molecule has 116 valence electrons. The van der Waals surface area contributed by atoms with Crippen LogP contribution in [0.3, 0.4) is 0 Å². The summed E-state index contributed by atoms with van der Waals surface area (Å²) in [4.78, 5) is 15.3. The van der Waals surface area contributed by atoms with Gasteiger partial charge in [0.1, 0.15) is 6.10 Å². The number of aliphatic hydroxyl groups excluding tert-OH is 1. The maximum absolute atomic E-state index is 12.6. The van der Waals surface area contributed by atoms with Gasteiger partial charge in [-0.15, -0.1) is 11.3 Å². The Labute approximate surface area is 134 Å². The molecule has 0 radical (unpaired) electrons. The van der Waals surface area contributed by atoms with Crippen molar-refractivity contribution in [2.45, 2.75) is 12.6 Å². The fraction of sp³-hybridized carbons (Fsp3) is 0.353. The van der Waals surface area contributed by atoms with Crippen LogP contribution in [0.2, 0.25) is 0 Å². The van der Waals surface area contributed by atoms with Crippen LogP contribution in [-0.4, -0.2) is 35.5 Å². The Kier molecular flexibility index (Phi) is 4.87. The molecule has 1 fully saturated rings. The van der Waals surface area contributed by atoms with E-state index < -0.39 is 6.10 Å². The molecular formula is C17H20N2O2S. The highest BCUT2D eigenvalue weighted by molar-refractivity contribution is 7.10. The van der Waals surface area contributed by atoms with Crippen molar-refractivity contribution in [2.24, 2.45) is 5.92 Å². The number of nitrogens with zero attached hydrogens (tertiary/aromatic N) is 1. The molecule has 1 amide bonds. The molecule has 1 aromatic heterocycles. The van der Waals surface area contributed by atoms with Crippen LogP contribution in [0.5, 0.6) is 0 Å². The summed E-state index contributed by atoms with van der Waals surface area (Å²) in [5.41, 5.74) is 1.08. The fourth-order valence-electron chi connectivity index (χ4n) is 2.54. The Balaban J connectivity index is 1.71. The van der Waals surface area contributed by atoms with Crippen molar-refractivity contribution < 1.29 is 9.90 Å². The van der Waals surface area contributed by atoms with E-state index in [-0.39, 0.29) is 11.8 Å². The minimum absolute atomic E-state index is 0.0410. The number of rotatable bonds is 6. The van der Waals surface area contributed by atoms with Crippen LogP contribution in [-0.2, 0) is 11.3 Å². The van der Waals surface area contributed by atoms with E-state index in [1.54, 1.807) is 4.90 Å². The second kappa shape index (κ2) is 7.05. The maximum Gasteiger partial charge on any atom is 0.228 e. The van der Waals surface area contributed by atoms with Gasteiger partial charge in [0.25, 0.3) is 0 Å². The molecule has 1 atom stereocenters. The quantitative estimate of drug-likeness (QED) is 0.857. The number of aliphatic hydroxyl groups is 1. The van der Waals surface area contributed by atoms with Crippen LogP contribution in [0.1, 0.15) is 16.5 Å². The van der Waals surface area contributed by atoms with Crippen LogP contribution >= 0.6 is 11.3 Å².